The van der Waals surface area contributed by atoms with Gasteiger partial charge in [-0.3, -0.25) is 4.79 Å². The molecule has 2 rings (SSSR count). The second-order valence-electron chi connectivity index (χ2n) is 4.06. The second-order valence-corrected chi connectivity index (χ2v) is 5.34. The first kappa shape index (κ1) is 13.4. The predicted octanol–water partition coefficient (Wildman–Crippen LogP) is 3.35. The summed E-state index contributed by atoms with van der Waals surface area (Å²) in [5.41, 5.74) is 3.58. The van der Waals surface area contributed by atoms with Gasteiger partial charge in [-0.15, -0.1) is 11.3 Å². The molecule has 0 aliphatic rings. The molecule has 0 radical (unpaired) electrons. The van der Waals surface area contributed by atoms with Crippen molar-refractivity contribution in [1.29, 1.82) is 0 Å². The number of hydrogen-bond acceptors (Lipinski definition) is 3. The van der Waals surface area contributed by atoms with Gasteiger partial charge in [-0.2, -0.15) is 5.10 Å². The van der Waals surface area contributed by atoms with E-state index < -0.39 is 0 Å². The van der Waals surface area contributed by atoms with Crippen LogP contribution in [-0.4, -0.2) is 11.6 Å². The number of halogens is 1. The van der Waals surface area contributed by atoms with Crippen molar-refractivity contribution < 1.29 is 9.18 Å². The number of carbonyl (C=O) groups excluding carboxylic acids is 1. The summed E-state index contributed by atoms with van der Waals surface area (Å²) in [6.07, 6.45) is 0. The van der Waals surface area contributed by atoms with E-state index in [1.54, 1.807) is 11.3 Å². The Kier molecular flexibility index (Phi) is 4.06. The second kappa shape index (κ2) is 5.75. The molecule has 1 amide bonds. The summed E-state index contributed by atoms with van der Waals surface area (Å²) in [6, 6.07) is 9.29. The first-order chi connectivity index (χ1) is 9.06. The highest BCUT2D eigenvalue weighted by atomic mass is 32.1. The third kappa shape index (κ3) is 3.48. The van der Waals surface area contributed by atoms with Crippen LogP contribution in [0.5, 0.6) is 0 Å². The molecule has 98 valence electrons. The largest absolute Gasteiger partial charge is 0.271 e. The molecule has 19 heavy (non-hydrogen) atoms. The van der Waals surface area contributed by atoms with Crippen molar-refractivity contribution in [3.8, 4) is 0 Å². The Hall–Kier alpha value is -2.01. The van der Waals surface area contributed by atoms with Crippen molar-refractivity contribution in [3.05, 3.63) is 57.5 Å². The van der Waals surface area contributed by atoms with Crippen LogP contribution in [0, 0.1) is 12.7 Å². The van der Waals surface area contributed by atoms with Gasteiger partial charge in [-0.1, -0.05) is 0 Å². The molecule has 5 heteroatoms. The normalized spacial score (nSPS) is 11.4. The predicted molar refractivity (Wildman–Crippen MR) is 75.1 cm³/mol. The van der Waals surface area contributed by atoms with E-state index in [4.69, 9.17) is 0 Å². The third-order valence-electron chi connectivity index (χ3n) is 2.53. The van der Waals surface area contributed by atoms with Crippen LogP contribution in [0.15, 0.2) is 41.5 Å². The molecule has 1 N–H and O–H groups in total. The van der Waals surface area contributed by atoms with Crippen LogP contribution >= 0.6 is 11.3 Å². The average molecular weight is 276 g/mol. The van der Waals surface area contributed by atoms with E-state index in [1.165, 1.54) is 29.1 Å². The number of nitrogens with one attached hydrogen (secondary N) is 1. The van der Waals surface area contributed by atoms with Crippen LogP contribution in [-0.2, 0) is 0 Å². The maximum absolute atomic E-state index is 12.7. The number of thiophene rings is 1. The fourth-order valence-corrected chi connectivity index (χ4v) is 2.30. The first-order valence-corrected chi connectivity index (χ1v) is 6.55. The lowest BCUT2D eigenvalue weighted by molar-refractivity contribution is 0.0955. The Morgan fingerprint density at radius 2 is 1.89 bits per heavy atom. The van der Waals surface area contributed by atoms with Gasteiger partial charge >= 0.3 is 0 Å². The van der Waals surface area contributed by atoms with Crippen LogP contribution < -0.4 is 5.43 Å². The number of benzene rings is 1. The molecule has 0 aliphatic heterocycles. The Morgan fingerprint density at radius 1 is 1.21 bits per heavy atom. The van der Waals surface area contributed by atoms with Crippen LogP contribution in [0.3, 0.4) is 0 Å². The molecule has 1 aromatic carbocycles. The minimum absolute atomic E-state index is 0.354. The topological polar surface area (TPSA) is 41.5 Å². The summed E-state index contributed by atoms with van der Waals surface area (Å²) in [7, 11) is 0. The zero-order valence-corrected chi connectivity index (χ0v) is 11.4. The molecular weight excluding hydrogens is 263 g/mol. The number of amides is 1. The summed E-state index contributed by atoms with van der Waals surface area (Å²) < 4.78 is 12.7. The van der Waals surface area contributed by atoms with Gasteiger partial charge in [-0.05, 0) is 50.2 Å². The summed E-state index contributed by atoms with van der Waals surface area (Å²) in [5.74, 6) is -0.724. The van der Waals surface area contributed by atoms with Gasteiger partial charge < -0.3 is 0 Å². The lowest BCUT2D eigenvalue weighted by Crippen LogP contribution is -2.19. The molecular formula is C14H13FN2OS. The minimum Gasteiger partial charge on any atom is -0.267 e. The van der Waals surface area contributed by atoms with Crippen molar-refractivity contribution in [2.75, 3.05) is 0 Å². The van der Waals surface area contributed by atoms with E-state index in [0.717, 1.165) is 10.6 Å². The highest BCUT2D eigenvalue weighted by Crippen LogP contribution is 2.15. The zero-order valence-electron chi connectivity index (χ0n) is 10.6. The highest BCUT2D eigenvalue weighted by Gasteiger charge is 2.05. The van der Waals surface area contributed by atoms with Crippen molar-refractivity contribution in [1.82, 2.24) is 5.43 Å². The van der Waals surface area contributed by atoms with E-state index >= 15 is 0 Å². The van der Waals surface area contributed by atoms with Gasteiger partial charge in [0.25, 0.3) is 5.91 Å². The number of carbonyl (C=O) groups is 1. The molecule has 1 heterocycles. The molecule has 0 aliphatic carbocycles. The quantitative estimate of drug-likeness (QED) is 0.678. The van der Waals surface area contributed by atoms with Crippen molar-refractivity contribution in [2.45, 2.75) is 13.8 Å². The summed E-state index contributed by atoms with van der Waals surface area (Å²) >= 11 is 1.61. The van der Waals surface area contributed by atoms with Crippen molar-refractivity contribution >= 4 is 23.0 Å². The van der Waals surface area contributed by atoms with Gasteiger partial charge in [0.05, 0.1) is 10.6 Å². The van der Waals surface area contributed by atoms with E-state index in [0.29, 0.717) is 5.56 Å². The summed E-state index contributed by atoms with van der Waals surface area (Å²) in [4.78, 5) is 14.0. The van der Waals surface area contributed by atoms with E-state index in [9.17, 15) is 9.18 Å². The van der Waals surface area contributed by atoms with E-state index in [1.807, 2.05) is 26.0 Å². The fourth-order valence-electron chi connectivity index (χ4n) is 1.48. The average Bonchev–Trinajstić information content (AvgIpc) is 2.83. The molecule has 0 bridgehead atoms. The van der Waals surface area contributed by atoms with E-state index in [2.05, 4.69) is 10.5 Å². The molecule has 1 aromatic heterocycles. The molecule has 0 saturated carbocycles. The lowest BCUT2D eigenvalue weighted by atomic mass is 10.2. The van der Waals surface area contributed by atoms with Gasteiger partial charge in [0.15, 0.2) is 0 Å². The highest BCUT2D eigenvalue weighted by molar-refractivity contribution is 7.14. The third-order valence-corrected chi connectivity index (χ3v) is 3.64. The molecule has 2 aromatic rings. The standard InChI is InChI=1S/C14H13FN2OS/c1-9-3-8-13(19-9)10(2)16-17-14(18)11-4-6-12(15)7-5-11/h3-8H,1-2H3,(H,17,18)/b16-10-. The van der Waals surface area contributed by atoms with Crippen molar-refractivity contribution in [3.63, 3.8) is 0 Å². The molecule has 0 spiro atoms. The van der Waals surface area contributed by atoms with Crippen LogP contribution in [0.2, 0.25) is 0 Å². The Bertz CT molecular complexity index is 617. The van der Waals surface area contributed by atoms with Crippen LogP contribution in [0.25, 0.3) is 0 Å². The molecule has 0 saturated heterocycles. The first-order valence-electron chi connectivity index (χ1n) is 5.73. The van der Waals surface area contributed by atoms with E-state index in [-0.39, 0.29) is 11.7 Å². The number of hydrogen-bond donors (Lipinski definition) is 1. The number of rotatable bonds is 3. The number of aryl methyl sites for hydroxylation is 1. The summed E-state index contributed by atoms with van der Waals surface area (Å²) in [6.45, 7) is 3.84. The van der Waals surface area contributed by atoms with Crippen molar-refractivity contribution in [2.24, 2.45) is 5.10 Å². The number of nitrogens with zero attached hydrogens (tertiary/aromatic N) is 1. The Labute approximate surface area is 114 Å². The lowest BCUT2D eigenvalue weighted by Gasteiger charge is -2.01. The maximum Gasteiger partial charge on any atom is 0.271 e. The smallest absolute Gasteiger partial charge is 0.267 e. The summed E-state index contributed by atoms with van der Waals surface area (Å²) in [5, 5.41) is 4.04. The molecule has 0 fully saturated rings. The molecule has 3 nitrogen and oxygen atoms in total. The minimum atomic E-state index is -0.370. The zero-order chi connectivity index (χ0) is 13.8. The maximum atomic E-state index is 12.7. The van der Waals surface area contributed by atoms with Gasteiger partial charge in [0, 0.05) is 10.4 Å². The van der Waals surface area contributed by atoms with Gasteiger partial charge in [0.1, 0.15) is 5.82 Å². The van der Waals surface area contributed by atoms with Gasteiger partial charge in [0.2, 0.25) is 0 Å². The van der Waals surface area contributed by atoms with Crippen LogP contribution in [0.1, 0.15) is 27.0 Å². The SMILES string of the molecule is C/C(=N/NC(=O)c1ccc(F)cc1)c1ccc(C)s1. The Morgan fingerprint density at radius 3 is 2.47 bits per heavy atom. The molecule has 0 unspecified atom stereocenters. The fraction of sp³-hybridized carbons (Fsp3) is 0.143. The van der Waals surface area contributed by atoms with Crippen LogP contribution in [0.4, 0.5) is 4.39 Å². The monoisotopic (exact) mass is 276 g/mol. The number of hydrazone groups is 1. The molecule has 0 atom stereocenters. The Balaban J connectivity index is 2.05. The van der Waals surface area contributed by atoms with Gasteiger partial charge in [-0.25, -0.2) is 9.82 Å².